The molecule has 0 saturated carbocycles. The Labute approximate surface area is 99.9 Å². The highest BCUT2D eigenvalue weighted by molar-refractivity contribution is 9.10. The molecule has 0 aromatic heterocycles. The Morgan fingerprint density at radius 3 is 2.00 bits per heavy atom. The van der Waals surface area contributed by atoms with E-state index in [1.54, 1.807) is 0 Å². The average molecular weight is 346 g/mol. The summed E-state index contributed by atoms with van der Waals surface area (Å²) in [6.07, 6.45) is 0. The fourth-order valence-electron chi connectivity index (χ4n) is 0.884. The van der Waals surface area contributed by atoms with Gasteiger partial charge in [0, 0.05) is 18.5 Å². The molecule has 0 radical (unpaired) electrons. The van der Waals surface area contributed by atoms with Gasteiger partial charge in [-0.3, -0.25) is 0 Å². The Hall–Kier alpha value is -0.350. The third-order valence-corrected chi connectivity index (χ3v) is 3.93. The van der Waals surface area contributed by atoms with Crippen molar-refractivity contribution in [3.05, 3.63) is 22.4 Å². The van der Waals surface area contributed by atoms with Gasteiger partial charge in [-0.05, 0) is 22.0 Å². The maximum Gasteiger partial charge on any atom is 0.311 e. The second-order valence-corrected chi connectivity index (χ2v) is 6.15. The van der Waals surface area contributed by atoms with Crippen molar-refractivity contribution in [2.45, 2.75) is 4.90 Å². The van der Waals surface area contributed by atoms with E-state index in [0.717, 1.165) is 0 Å². The lowest BCUT2D eigenvalue weighted by Gasteiger charge is -2.41. The van der Waals surface area contributed by atoms with Crippen molar-refractivity contribution in [1.82, 2.24) is 0 Å². The van der Waals surface area contributed by atoms with E-state index in [1.807, 2.05) is 0 Å². The van der Waals surface area contributed by atoms with Crippen LogP contribution in [0.4, 0.5) is 29.5 Å². The van der Waals surface area contributed by atoms with Gasteiger partial charge in [0.1, 0.15) is 10.7 Å². The van der Waals surface area contributed by atoms with E-state index in [1.165, 1.54) is 0 Å². The minimum Gasteiger partial charge on any atom is -0.206 e. The molecule has 10 heteroatoms. The zero-order valence-electron chi connectivity index (χ0n) is 7.06. The molecule has 0 aliphatic rings. The highest BCUT2D eigenvalue weighted by Gasteiger charge is 2.67. The van der Waals surface area contributed by atoms with Crippen LogP contribution in [0, 0.1) is 5.82 Å². The summed E-state index contributed by atoms with van der Waals surface area (Å²) < 4.78 is 76.6. The van der Waals surface area contributed by atoms with Crippen molar-refractivity contribution in [2.24, 2.45) is 4.36 Å². The summed E-state index contributed by atoms with van der Waals surface area (Å²) in [6.45, 7) is 0. The van der Waals surface area contributed by atoms with E-state index in [-0.39, 0.29) is 6.07 Å². The summed E-state index contributed by atoms with van der Waals surface area (Å²) in [5.41, 5.74) is -0.695. The van der Waals surface area contributed by atoms with Crippen LogP contribution in [0.15, 0.2) is 25.9 Å². The number of hydrogen-bond donors (Lipinski definition) is 0. The van der Waals surface area contributed by atoms with E-state index < -0.39 is 31.1 Å². The summed E-state index contributed by atoms with van der Waals surface area (Å²) in [6, 6.07) is 0.520. The van der Waals surface area contributed by atoms with Gasteiger partial charge in [-0.15, -0.1) is 0 Å². The molecule has 0 bridgehead atoms. The van der Waals surface area contributed by atoms with Crippen LogP contribution in [-0.2, 0) is 12.4 Å². The molecule has 0 amide bonds. The summed E-state index contributed by atoms with van der Waals surface area (Å²) in [5.74, 6) is -1.51. The number of rotatable bonds is 2. The normalized spacial score (nSPS) is 16.4. The second-order valence-electron chi connectivity index (χ2n) is 2.80. The Kier molecular flexibility index (Phi) is 2.66. The number of benzene rings is 1. The molecule has 0 heterocycles. The Bertz CT molecular complexity index is 469. The Morgan fingerprint density at radius 2 is 1.62 bits per heavy atom. The summed E-state index contributed by atoms with van der Waals surface area (Å²) in [5, 5.41) is 0. The molecule has 0 spiro atoms. The Balaban J connectivity index is 3.72. The fraction of sp³-hybridized carbons (Fsp3) is 0. The van der Waals surface area contributed by atoms with Gasteiger partial charge in [0.15, 0.2) is 0 Å². The zero-order chi connectivity index (χ0) is 12.8. The van der Waals surface area contributed by atoms with Gasteiger partial charge in [-0.25, -0.2) is 4.39 Å². The van der Waals surface area contributed by atoms with Gasteiger partial charge >= 0.3 is 10.2 Å². The summed E-state index contributed by atoms with van der Waals surface area (Å²) in [7, 11) is -9.96. The Morgan fingerprint density at radius 1 is 1.12 bits per heavy atom. The summed E-state index contributed by atoms with van der Waals surface area (Å²) >= 11 is 6.15. The first-order chi connectivity index (χ1) is 6.85. The number of halogens is 7. The van der Waals surface area contributed by atoms with Crippen LogP contribution in [0.1, 0.15) is 0 Å². The monoisotopic (exact) mass is 345 g/mol. The molecule has 1 aromatic carbocycles. The van der Waals surface area contributed by atoms with Crippen LogP contribution in [0.25, 0.3) is 0 Å². The fourth-order valence-corrected chi connectivity index (χ4v) is 2.92. The van der Waals surface area contributed by atoms with E-state index in [9.17, 15) is 23.8 Å². The lowest BCUT2D eigenvalue weighted by molar-refractivity contribution is 0.362. The maximum absolute atomic E-state index is 12.9. The first kappa shape index (κ1) is 13.7. The minimum absolute atomic E-state index is 0.00171. The van der Waals surface area contributed by atoms with E-state index >= 15 is 0 Å². The van der Waals surface area contributed by atoms with Gasteiger partial charge in [-0.1, -0.05) is 19.4 Å². The van der Waals surface area contributed by atoms with Crippen molar-refractivity contribution in [2.75, 3.05) is 0 Å². The van der Waals surface area contributed by atoms with Crippen LogP contribution >= 0.6 is 26.2 Å². The molecule has 0 fully saturated rings. The molecule has 0 atom stereocenters. The van der Waals surface area contributed by atoms with Gasteiger partial charge in [-0.2, -0.15) is 4.36 Å². The molecule has 92 valence electrons. The maximum atomic E-state index is 12.9. The van der Waals surface area contributed by atoms with Crippen LogP contribution in [-0.4, -0.2) is 0 Å². The molecule has 0 N–H and O–H groups in total. The smallest absolute Gasteiger partial charge is 0.206 e. The molecule has 0 unspecified atom stereocenters. The molecule has 16 heavy (non-hydrogen) atoms. The number of hydrogen-bond acceptors (Lipinski definition) is 2. The minimum atomic E-state index is -9.96. The average Bonchev–Trinajstić information content (AvgIpc) is 2.05. The SMILES string of the molecule is Fc1cc(N=S)cc(S(F)(F)(F)(F)F)c1Br. The highest BCUT2D eigenvalue weighted by atomic mass is 79.9. The van der Waals surface area contributed by atoms with Gasteiger partial charge < -0.3 is 0 Å². The zero-order valence-corrected chi connectivity index (χ0v) is 10.3. The third-order valence-electron chi connectivity index (χ3n) is 1.50. The van der Waals surface area contributed by atoms with Gasteiger partial charge in [0.05, 0.1) is 10.2 Å². The predicted octanol–water partition coefficient (Wildman–Crippen LogP) is 5.61. The lowest BCUT2D eigenvalue weighted by Crippen LogP contribution is -2.07. The molecular weight excluding hydrogens is 344 g/mol. The molecule has 1 rings (SSSR count). The van der Waals surface area contributed by atoms with E-state index in [4.69, 9.17) is 0 Å². The standard InChI is InChI=1S/C6H2BrF6NS2/c7-6-4(8)1-3(14-15)2-5(6)16(9,10,11,12)13/h1-2H. The molecule has 1 nitrogen and oxygen atoms in total. The van der Waals surface area contributed by atoms with Crippen molar-refractivity contribution in [3.63, 3.8) is 0 Å². The van der Waals surface area contributed by atoms with Crippen LogP contribution in [0.5, 0.6) is 0 Å². The van der Waals surface area contributed by atoms with Gasteiger partial charge in [0.25, 0.3) is 0 Å². The van der Waals surface area contributed by atoms with Crippen molar-refractivity contribution in [3.8, 4) is 0 Å². The first-order valence-electron chi connectivity index (χ1n) is 3.41. The van der Waals surface area contributed by atoms with E-state index in [2.05, 4.69) is 32.7 Å². The summed E-state index contributed by atoms with van der Waals surface area (Å²) in [4.78, 5) is -2.37. The van der Waals surface area contributed by atoms with Crippen molar-refractivity contribution < 1.29 is 23.8 Å². The second kappa shape index (κ2) is 3.10. The molecule has 0 aliphatic carbocycles. The van der Waals surface area contributed by atoms with Crippen LogP contribution in [0.2, 0.25) is 0 Å². The van der Waals surface area contributed by atoms with Crippen molar-refractivity contribution in [1.29, 1.82) is 0 Å². The third kappa shape index (κ3) is 2.86. The highest BCUT2D eigenvalue weighted by Crippen LogP contribution is 3.02. The molecular formula is C6H2BrF6NS2. The van der Waals surface area contributed by atoms with Gasteiger partial charge in [0.2, 0.25) is 0 Å². The van der Waals surface area contributed by atoms with Crippen molar-refractivity contribution >= 4 is 44.3 Å². The lowest BCUT2D eigenvalue weighted by atomic mass is 10.3. The quantitative estimate of drug-likeness (QED) is 0.635. The molecule has 0 saturated heterocycles. The molecule has 1 aromatic rings. The number of nitrogens with zero attached hydrogens (tertiary/aromatic N) is 1. The van der Waals surface area contributed by atoms with Crippen LogP contribution in [0.3, 0.4) is 0 Å². The van der Waals surface area contributed by atoms with Crippen LogP contribution < -0.4 is 0 Å². The first-order valence-corrected chi connectivity index (χ1v) is 6.52. The topological polar surface area (TPSA) is 12.4 Å². The van der Waals surface area contributed by atoms with E-state index in [0.29, 0.717) is 6.07 Å². The molecule has 0 aliphatic heterocycles. The largest absolute Gasteiger partial charge is 0.311 e. The predicted molar refractivity (Wildman–Crippen MR) is 54.9 cm³/mol.